The zero-order valence-corrected chi connectivity index (χ0v) is 7.31. The second-order valence-electron chi connectivity index (χ2n) is 2.88. The van der Waals surface area contributed by atoms with E-state index in [0.29, 0.717) is 17.2 Å². The number of hydrogen-bond donors (Lipinski definition) is 0. The average Bonchev–Trinajstić information content (AvgIpc) is 2.27. The first-order chi connectivity index (χ1) is 6.83. The highest BCUT2D eigenvalue weighted by atomic mass is 16.2. The Bertz CT molecular complexity index is 500. The number of Topliss-reactive ketones (excluding diaryl/α,β-unsaturated/α-hetero) is 1. The maximum Gasteiger partial charge on any atom is 0.226 e. The molecule has 1 heterocycles. The molecule has 0 unspecified atom stereocenters. The third kappa shape index (κ3) is 1.29. The van der Waals surface area contributed by atoms with Gasteiger partial charge in [0.25, 0.3) is 0 Å². The molecule has 0 fully saturated rings. The maximum absolute atomic E-state index is 11.2. The summed E-state index contributed by atoms with van der Waals surface area (Å²) in [7, 11) is 0. The van der Waals surface area contributed by atoms with Crippen LogP contribution < -0.4 is 0 Å². The van der Waals surface area contributed by atoms with Crippen molar-refractivity contribution >= 4 is 22.8 Å². The minimum absolute atomic E-state index is 0.321. The summed E-state index contributed by atoms with van der Waals surface area (Å²) in [6, 6.07) is 7.05. The lowest BCUT2D eigenvalue weighted by atomic mass is 10.0. The number of benzene rings is 1. The van der Waals surface area contributed by atoms with Crippen molar-refractivity contribution in [2.45, 2.75) is 0 Å². The van der Waals surface area contributed by atoms with Crippen LogP contribution in [0.4, 0.5) is 0 Å². The molecular weight excluding hydrogens is 178 g/mol. The van der Waals surface area contributed by atoms with Crippen LogP contribution in [-0.2, 0) is 4.79 Å². The van der Waals surface area contributed by atoms with Gasteiger partial charge in [0, 0.05) is 23.3 Å². The molecule has 0 radical (unpaired) electrons. The molecule has 0 atom stereocenters. The average molecular weight is 185 g/mol. The molecule has 0 saturated carbocycles. The van der Waals surface area contributed by atoms with Crippen LogP contribution in [0.3, 0.4) is 0 Å². The quantitative estimate of drug-likeness (QED) is 0.405. The van der Waals surface area contributed by atoms with Crippen LogP contribution in [0, 0.1) is 0 Å². The summed E-state index contributed by atoms with van der Waals surface area (Å²) in [5.74, 6) is -0.511. The van der Waals surface area contributed by atoms with Gasteiger partial charge in [-0.2, -0.15) is 0 Å². The van der Waals surface area contributed by atoms with Gasteiger partial charge in [-0.1, -0.05) is 18.2 Å². The maximum atomic E-state index is 11.2. The van der Waals surface area contributed by atoms with E-state index in [1.807, 2.05) is 6.07 Å². The molecule has 3 heteroatoms. The second kappa shape index (κ2) is 3.38. The Balaban J connectivity index is 2.77. The van der Waals surface area contributed by atoms with Crippen LogP contribution in [0.1, 0.15) is 10.4 Å². The highest BCUT2D eigenvalue weighted by Crippen LogP contribution is 2.16. The Hall–Kier alpha value is -2.03. The summed E-state index contributed by atoms with van der Waals surface area (Å²) in [6.07, 6.45) is 3.56. The molecule has 2 rings (SSSR count). The lowest BCUT2D eigenvalue weighted by Gasteiger charge is -2.00. The zero-order chi connectivity index (χ0) is 9.97. The first-order valence-electron chi connectivity index (χ1n) is 4.15. The number of ketones is 1. The van der Waals surface area contributed by atoms with Gasteiger partial charge in [-0.25, -0.2) is 0 Å². The molecule has 68 valence electrons. The predicted octanol–water partition coefficient (Wildman–Crippen LogP) is 1.62. The van der Waals surface area contributed by atoms with Crippen LogP contribution >= 0.6 is 0 Å². The molecular formula is C11H7NO2. The molecule has 0 saturated heterocycles. The molecule has 0 bridgehead atoms. The van der Waals surface area contributed by atoms with Crippen molar-refractivity contribution in [3.8, 4) is 0 Å². The Kier molecular flexibility index (Phi) is 2.07. The minimum Gasteiger partial charge on any atom is -0.294 e. The molecule has 2 aromatic rings. The molecule has 0 N–H and O–H groups in total. The van der Waals surface area contributed by atoms with Crippen molar-refractivity contribution in [1.29, 1.82) is 0 Å². The van der Waals surface area contributed by atoms with Crippen molar-refractivity contribution < 1.29 is 9.59 Å². The summed E-state index contributed by atoms with van der Waals surface area (Å²) >= 11 is 0. The SMILES string of the molecule is O=CC(=O)c1cccc2ccncc12. The van der Waals surface area contributed by atoms with Gasteiger partial charge in [0.2, 0.25) is 5.78 Å². The van der Waals surface area contributed by atoms with Crippen molar-refractivity contribution in [3.63, 3.8) is 0 Å². The van der Waals surface area contributed by atoms with Gasteiger partial charge in [0.05, 0.1) is 0 Å². The zero-order valence-electron chi connectivity index (χ0n) is 7.31. The van der Waals surface area contributed by atoms with Gasteiger partial charge in [-0.3, -0.25) is 14.6 Å². The van der Waals surface area contributed by atoms with Crippen LogP contribution in [0.25, 0.3) is 10.8 Å². The number of fused-ring (bicyclic) bond motifs is 1. The topological polar surface area (TPSA) is 47.0 Å². The van der Waals surface area contributed by atoms with Crippen LogP contribution in [0.5, 0.6) is 0 Å². The minimum atomic E-state index is -0.511. The molecule has 0 amide bonds. The highest BCUT2D eigenvalue weighted by molar-refractivity contribution is 6.36. The van der Waals surface area contributed by atoms with Gasteiger partial charge in [-0.15, -0.1) is 0 Å². The van der Waals surface area contributed by atoms with E-state index >= 15 is 0 Å². The van der Waals surface area contributed by atoms with E-state index < -0.39 is 5.78 Å². The first kappa shape index (κ1) is 8.56. The largest absolute Gasteiger partial charge is 0.294 e. The highest BCUT2D eigenvalue weighted by Gasteiger charge is 2.07. The number of carbonyl (C=O) groups excluding carboxylic acids is 2. The smallest absolute Gasteiger partial charge is 0.226 e. The molecule has 0 aliphatic carbocycles. The fraction of sp³-hybridized carbons (Fsp3) is 0. The fourth-order valence-corrected chi connectivity index (χ4v) is 1.39. The van der Waals surface area contributed by atoms with Gasteiger partial charge in [0.15, 0.2) is 6.29 Å². The Morgan fingerprint density at radius 2 is 2.14 bits per heavy atom. The molecule has 0 spiro atoms. The van der Waals surface area contributed by atoms with E-state index in [1.54, 1.807) is 30.6 Å². The van der Waals surface area contributed by atoms with Crippen molar-refractivity contribution in [1.82, 2.24) is 4.98 Å². The number of nitrogens with zero attached hydrogens (tertiary/aromatic N) is 1. The number of aldehydes is 1. The number of rotatable bonds is 2. The van der Waals surface area contributed by atoms with E-state index in [0.717, 1.165) is 5.39 Å². The third-order valence-corrected chi connectivity index (χ3v) is 2.06. The Morgan fingerprint density at radius 3 is 2.93 bits per heavy atom. The fourth-order valence-electron chi connectivity index (χ4n) is 1.39. The molecule has 1 aromatic carbocycles. The number of aromatic nitrogens is 1. The molecule has 0 aliphatic rings. The Morgan fingerprint density at radius 1 is 1.29 bits per heavy atom. The summed E-state index contributed by atoms with van der Waals surface area (Å²) in [5.41, 5.74) is 0.408. The van der Waals surface area contributed by atoms with Crippen molar-refractivity contribution in [2.24, 2.45) is 0 Å². The summed E-state index contributed by atoms with van der Waals surface area (Å²) < 4.78 is 0. The van der Waals surface area contributed by atoms with Crippen LogP contribution in [0.2, 0.25) is 0 Å². The van der Waals surface area contributed by atoms with Crippen molar-refractivity contribution in [3.05, 3.63) is 42.2 Å². The Labute approximate surface area is 80.4 Å². The van der Waals surface area contributed by atoms with E-state index in [4.69, 9.17) is 0 Å². The number of pyridine rings is 1. The molecule has 14 heavy (non-hydrogen) atoms. The lowest BCUT2D eigenvalue weighted by Crippen LogP contribution is -2.00. The standard InChI is InChI=1S/C11H7NO2/c13-7-11(14)9-3-1-2-8-4-5-12-6-10(8)9/h1-7H. The predicted molar refractivity (Wildman–Crippen MR) is 52.1 cm³/mol. The van der Waals surface area contributed by atoms with Crippen LogP contribution in [0.15, 0.2) is 36.7 Å². The second-order valence-corrected chi connectivity index (χ2v) is 2.88. The van der Waals surface area contributed by atoms with Gasteiger partial charge in [-0.05, 0) is 11.5 Å². The van der Waals surface area contributed by atoms with Gasteiger partial charge >= 0.3 is 0 Å². The van der Waals surface area contributed by atoms with Gasteiger partial charge in [0.1, 0.15) is 0 Å². The lowest BCUT2D eigenvalue weighted by molar-refractivity contribution is -0.104. The van der Waals surface area contributed by atoms with E-state index in [9.17, 15) is 9.59 Å². The van der Waals surface area contributed by atoms with E-state index in [1.165, 1.54) is 0 Å². The van der Waals surface area contributed by atoms with E-state index in [-0.39, 0.29) is 0 Å². The normalized spacial score (nSPS) is 10.0. The first-order valence-corrected chi connectivity index (χ1v) is 4.15. The number of hydrogen-bond acceptors (Lipinski definition) is 3. The van der Waals surface area contributed by atoms with E-state index in [2.05, 4.69) is 4.98 Å². The molecule has 0 aliphatic heterocycles. The summed E-state index contributed by atoms with van der Waals surface area (Å²) in [6.45, 7) is 0. The molecule has 3 nitrogen and oxygen atoms in total. The van der Waals surface area contributed by atoms with Crippen molar-refractivity contribution in [2.75, 3.05) is 0 Å². The van der Waals surface area contributed by atoms with Gasteiger partial charge < -0.3 is 0 Å². The van der Waals surface area contributed by atoms with Crippen LogP contribution in [-0.4, -0.2) is 17.1 Å². The summed E-state index contributed by atoms with van der Waals surface area (Å²) in [5, 5.41) is 1.62. The summed E-state index contributed by atoms with van der Waals surface area (Å²) in [4.78, 5) is 25.5. The third-order valence-electron chi connectivity index (χ3n) is 2.06. The monoisotopic (exact) mass is 185 g/mol. The number of carbonyl (C=O) groups is 2. The molecule has 1 aromatic heterocycles.